The Morgan fingerprint density at radius 2 is 2.08 bits per heavy atom. The number of carbonyl (C=O) groups is 1. The van der Waals surface area contributed by atoms with E-state index in [1.165, 1.54) is 0 Å². The number of hydrogen-bond acceptors (Lipinski definition) is 3. The molecule has 0 heterocycles. The second-order valence-corrected chi connectivity index (χ2v) is 7.07. The highest BCUT2D eigenvalue weighted by atomic mass is 79.9. The molecule has 1 aromatic rings. The van der Waals surface area contributed by atoms with Crippen LogP contribution in [0.3, 0.4) is 0 Å². The molecule has 2 aliphatic carbocycles. The third-order valence-corrected chi connectivity index (χ3v) is 5.57. The molecule has 0 aromatic heterocycles. The number of ketones is 1. The molecule has 1 saturated carbocycles. The molecule has 0 aliphatic heterocycles. The first-order valence-electron chi connectivity index (χ1n) is 7.78. The minimum atomic E-state index is 0.105. The van der Waals surface area contributed by atoms with Crippen LogP contribution in [0.15, 0.2) is 39.9 Å². The van der Waals surface area contributed by atoms with Gasteiger partial charge in [0.05, 0.1) is 19.2 Å². The van der Waals surface area contributed by atoms with Gasteiger partial charge in [0.15, 0.2) is 17.3 Å². The lowest BCUT2D eigenvalue weighted by Crippen LogP contribution is -2.23. The van der Waals surface area contributed by atoms with Crippen molar-refractivity contribution in [3.05, 3.63) is 50.5 Å². The number of ether oxygens (including phenoxy) is 2. The summed E-state index contributed by atoms with van der Waals surface area (Å²) in [7, 11) is 3.12. The van der Waals surface area contributed by atoms with Gasteiger partial charge in [-0.2, -0.15) is 0 Å². The van der Waals surface area contributed by atoms with Crippen molar-refractivity contribution in [3.63, 3.8) is 0 Å². The zero-order valence-corrected chi connectivity index (χ0v) is 15.9. The number of carbonyl (C=O) groups excluding carboxylic acids is 1. The van der Waals surface area contributed by atoms with E-state index < -0.39 is 0 Å². The van der Waals surface area contributed by atoms with Gasteiger partial charge in [-0.25, -0.2) is 0 Å². The number of methoxy groups -OCH3 is 2. The van der Waals surface area contributed by atoms with Gasteiger partial charge in [0.2, 0.25) is 0 Å². The molecule has 3 rings (SSSR count). The van der Waals surface area contributed by atoms with E-state index in [4.69, 9.17) is 21.1 Å². The van der Waals surface area contributed by atoms with Gasteiger partial charge in [0.25, 0.3) is 0 Å². The highest BCUT2D eigenvalue weighted by Crippen LogP contribution is 2.42. The quantitative estimate of drug-likeness (QED) is 0.633. The van der Waals surface area contributed by atoms with Crippen LogP contribution in [0.25, 0.3) is 6.08 Å². The van der Waals surface area contributed by atoms with E-state index in [0.29, 0.717) is 22.4 Å². The summed E-state index contributed by atoms with van der Waals surface area (Å²) >= 11 is 9.95. The summed E-state index contributed by atoms with van der Waals surface area (Å²) in [6, 6.07) is 3.64. The van der Waals surface area contributed by atoms with Crippen molar-refractivity contribution in [2.45, 2.75) is 19.3 Å². The van der Waals surface area contributed by atoms with E-state index in [1.54, 1.807) is 20.3 Å². The lowest BCUT2D eigenvalue weighted by Gasteiger charge is -2.28. The highest BCUT2D eigenvalue weighted by molar-refractivity contribution is 9.12. The Morgan fingerprint density at radius 3 is 2.79 bits per heavy atom. The molecule has 5 heteroatoms. The fourth-order valence-electron chi connectivity index (χ4n) is 3.25. The molecule has 1 fully saturated rings. The molecule has 1 aromatic carbocycles. The topological polar surface area (TPSA) is 35.5 Å². The van der Waals surface area contributed by atoms with Crippen molar-refractivity contribution in [2.24, 2.45) is 5.92 Å². The third kappa shape index (κ3) is 3.05. The van der Waals surface area contributed by atoms with Gasteiger partial charge in [-0.15, -0.1) is 0 Å². The molecule has 3 nitrogen and oxygen atoms in total. The molecule has 2 aliphatic rings. The first-order chi connectivity index (χ1) is 11.6. The largest absolute Gasteiger partial charge is 0.493 e. The van der Waals surface area contributed by atoms with E-state index >= 15 is 0 Å². The fourth-order valence-corrected chi connectivity index (χ4v) is 4.23. The average molecular weight is 410 g/mol. The molecule has 0 N–H and O–H groups in total. The summed E-state index contributed by atoms with van der Waals surface area (Å²) in [6.45, 7) is 0. The van der Waals surface area contributed by atoms with Crippen LogP contribution in [-0.2, 0) is 4.79 Å². The summed E-state index contributed by atoms with van der Waals surface area (Å²) in [5.74, 6) is 1.47. The summed E-state index contributed by atoms with van der Waals surface area (Å²) in [4.78, 5) is 12.9. The smallest absolute Gasteiger partial charge is 0.186 e. The average Bonchev–Trinajstić information content (AvgIpc) is 2.58. The lowest BCUT2D eigenvalue weighted by molar-refractivity contribution is -0.113. The Hall–Kier alpha value is -1.52. The molecule has 0 saturated heterocycles. The van der Waals surface area contributed by atoms with Crippen LogP contribution in [0, 0.1) is 5.92 Å². The summed E-state index contributed by atoms with van der Waals surface area (Å²) < 4.78 is 11.5. The fraction of sp³-hybridized carbons (Fsp3) is 0.316. The van der Waals surface area contributed by atoms with E-state index in [1.807, 2.05) is 18.2 Å². The normalized spacial score (nSPS) is 21.9. The standard InChI is InChI=1S/C19H18BrClO3/c1-23-15-9-8-12(17(21)19(15)24-2)10-13-7-6-11-4-3-5-14(20)16(11)18(13)22/h3,5,8-11H,4,6-7H2,1-2H3. The van der Waals surface area contributed by atoms with Gasteiger partial charge in [0, 0.05) is 15.6 Å². The maximum absolute atomic E-state index is 12.9. The molecule has 0 radical (unpaired) electrons. The molecule has 1 atom stereocenters. The molecule has 0 bridgehead atoms. The first-order valence-corrected chi connectivity index (χ1v) is 8.95. The Kier molecular flexibility index (Phi) is 5.16. The molecule has 126 valence electrons. The summed E-state index contributed by atoms with van der Waals surface area (Å²) in [5.41, 5.74) is 2.42. The predicted octanol–water partition coefficient (Wildman–Crippen LogP) is 5.33. The number of halogens is 2. The number of rotatable bonds is 3. The molecular formula is C19H18BrClO3. The number of benzene rings is 1. The minimum Gasteiger partial charge on any atom is -0.493 e. The van der Waals surface area contributed by atoms with Gasteiger partial charge in [0.1, 0.15) is 0 Å². The minimum absolute atomic E-state index is 0.105. The van der Waals surface area contributed by atoms with Gasteiger partial charge < -0.3 is 9.47 Å². The van der Waals surface area contributed by atoms with E-state index in [0.717, 1.165) is 40.5 Å². The summed E-state index contributed by atoms with van der Waals surface area (Å²) in [6.07, 6.45) is 8.61. The lowest BCUT2D eigenvalue weighted by atomic mass is 9.76. The number of hydrogen-bond donors (Lipinski definition) is 0. The van der Waals surface area contributed by atoms with Gasteiger partial charge >= 0.3 is 0 Å². The zero-order valence-electron chi connectivity index (χ0n) is 13.6. The number of Topliss-reactive ketones (excluding diaryl/α,β-unsaturated/α-hetero) is 1. The van der Waals surface area contributed by atoms with Crippen LogP contribution in [0.2, 0.25) is 5.02 Å². The first kappa shape index (κ1) is 17.3. The molecule has 24 heavy (non-hydrogen) atoms. The van der Waals surface area contributed by atoms with E-state index in [9.17, 15) is 4.79 Å². The van der Waals surface area contributed by atoms with Crippen molar-refractivity contribution < 1.29 is 14.3 Å². The second kappa shape index (κ2) is 7.16. The highest BCUT2D eigenvalue weighted by Gasteiger charge is 2.32. The SMILES string of the molecule is COc1ccc(C=C2CCC3CC=CC(Br)=C3C2=O)c(Cl)c1OC. The van der Waals surface area contributed by atoms with Crippen LogP contribution in [0.1, 0.15) is 24.8 Å². The van der Waals surface area contributed by atoms with Gasteiger partial charge in [-0.3, -0.25) is 4.79 Å². The van der Waals surface area contributed by atoms with Crippen LogP contribution < -0.4 is 9.47 Å². The maximum Gasteiger partial charge on any atom is 0.186 e. The van der Waals surface area contributed by atoms with Crippen molar-refractivity contribution >= 4 is 39.4 Å². The molecule has 0 spiro atoms. The van der Waals surface area contributed by atoms with Crippen LogP contribution in [0.5, 0.6) is 11.5 Å². The van der Waals surface area contributed by atoms with E-state index in [2.05, 4.69) is 22.0 Å². The van der Waals surface area contributed by atoms with E-state index in [-0.39, 0.29) is 5.78 Å². The Bertz CT molecular complexity index is 777. The van der Waals surface area contributed by atoms with Crippen molar-refractivity contribution in [1.29, 1.82) is 0 Å². The summed E-state index contributed by atoms with van der Waals surface area (Å²) in [5, 5.41) is 0.454. The zero-order chi connectivity index (χ0) is 17.3. The van der Waals surface area contributed by atoms with Crippen molar-refractivity contribution in [3.8, 4) is 11.5 Å². The monoisotopic (exact) mass is 408 g/mol. The second-order valence-electron chi connectivity index (χ2n) is 5.84. The molecule has 1 unspecified atom stereocenters. The van der Waals surface area contributed by atoms with Crippen molar-refractivity contribution in [2.75, 3.05) is 14.2 Å². The van der Waals surface area contributed by atoms with Crippen molar-refractivity contribution in [1.82, 2.24) is 0 Å². The van der Waals surface area contributed by atoms with Crippen LogP contribution in [-0.4, -0.2) is 20.0 Å². The Labute approximate surface area is 155 Å². The number of allylic oxidation sites excluding steroid dienone is 5. The predicted molar refractivity (Wildman–Crippen MR) is 100.0 cm³/mol. The van der Waals surface area contributed by atoms with Gasteiger partial charge in [-0.1, -0.05) is 39.7 Å². The number of fused-ring (bicyclic) bond motifs is 1. The maximum atomic E-state index is 12.9. The Morgan fingerprint density at radius 1 is 1.29 bits per heavy atom. The molecular weight excluding hydrogens is 392 g/mol. The van der Waals surface area contributed by atoms with Crippen LogP contribution >= 0.6 is 27.5 Å². The third-order valence-electron chi connectivity index (χ3n) is 4.49. The van der Waals surface area contributed by atoms with Gasteiger partial charge in [-0.05, 0) is 49.0 Å². The van der Waals surface area contributed by atoms with Crippen LogP contribution in [0.4, 0.5) is 0 Å². The Balaban J connectivity index is 2.01. The molecule has 0 amide bonds.